The number of carbonyl (C=O) groups excluding carboxylic acids is 2. The summed E-state index contributed by atoms with van der Waals surface area (Å²) in [5.74, 6) is -1.93. The van der Waals surface area contributed by atoms with Crippen molar-refractivity contribution in [3.8, 4) is 0 Å². The Kier molecular flexibility index (Phi) is 7.81. The number of rotatable bonds is 5. The van der Waals surface area contributed by atoms with Gasteiger partial charge in [-0.05, 0) is 42.7 Å². The lowest BCUT2D eigenvalue weighted by atomic mass is 9.94. The van der Waals surface area contributed by atoms with Crippen LogP contribution in [0.1, 0.15) is 35.2 Å². The van der Waals surface area contributed by atoms with Crippen molar-refractivity contribution >= 4 is 11.8 Å². The fourth-order valence-corrected chi connectivity index (χ4v) is 4.43. The number of carbonyl (C=O) groups is 2. The number of hydrogen-bond donors (Lipinski definition) is 2. The number of benzene rings is 1. The Morgan fingerprint density at radius 1 is 1.12 bits per heavy atom. The van der Waals surface area contributed by atoms with Gasteiger partial charge in [0.1, 0.15) is 17.7 Å². The number of nitrogens with zero attached hydrogens (tertiary/aromatic N) is 2. The van der Waals surface area contributed by atoms with Gasteiger partial charge in [-0.2, -0.15) is 0 Å². The van der Waals surface area contributed by atoms with Crippen LogP contribution in [-0.2, 0) is 20.8 Å². The highest BCUT2D eigenvalue weighted by Crippen LogP contribution is 2.28. The lowest BCUT2D eigenvalue weighted by Gasteiger charge is -2.44. The molecule has 2 aliphatic rings. The summed E-state index contributed by atoms with van der Waals surface area (Å²) in [7, 11) is 0. The minimum atomic E-state index is -0.817. The number of hydrogen-bond acceptors (Lipinski definition) is 6. The molecule has 1 aromatic carbocycles. The van der Waals surface area contributed by atoms with Gasteiger partial charge in [0.05, 0.1) is 37.9 Å². The molecule has 0 saturated carbocycles. The van der Waals surface area contributed by atoms with E-state index in [0.717, 1.165) is 6.07 Å². The molecule has 2 fully saturated rings. The van der Waals surface area contributed by atoms with Crippen LogP contribution in [0.3, 0.4) is 0 Å². The molecule has 4 rings (SSSR count). The van der Waals surface area contributed by atoms with Crippen molar-refractivity contribution in [3.63, 3.8) is 0 Å². The second kappa shape index (κ2) is 11.0. The van der Waals surface area contributed by atoms with Gasteiger partial charge in [-0.25, -0.2) is 8.78 Å². The second-order valence-corrected chi connectivity index (χ2v) is 8.58. The van der Waals surface area contributed by atoms with Crippen molar-refractivity contribution < 1.29 is 33.0 Å². The zero-order valence-corrected chi connectivity index (χ0v) is 18.5. The van der Waals surface area contributed by atoms with Crippen LogP contribution < -0.4 is 5.32 Å². The van der Waals surface area contributed by atoms with Crippen LogP contribution in [0, 0.1) is 11.6 Å². The van der Waals surface area contributed by atoms with E-state index in [0.29, 0.717) is 24.0 Å². The van der Waals surface area contributed by atoms with E-state index in [2.05, 4.69) is 10.3 Å². The van der Waals surface area contributed by atoms with Gasteiger partial charge in [-0.3, -0.25) is 14.6 Å². The molecule has 2 aliphatic heterocycles. The first-order valence-electron chi connectivity index (χ1n) is 11.2. The average Bonchev–Trinajstić information content (AvgIpc) is 2.80. The predicted molar refractivity (Wildman–Crippen MR) is 117 cm³/mol. The molecule has 0 radical (unpaired) electrons. The summed E-state index contributed by atoms with van der Waals surface area (Å²) >= 11 is 0. The number of β-amino-alcohol motifs (C(OH)–C–C–N with tert-alkyl or cyclic N) is 1. The van der Waals surface area contributed by atoms with Crippen molar-refractivity contribution in [2.75, 3.05) is 19.8 Å². The number of amides is 2. The highest BCUT2D eigenvalue weighted by Gasteiger charge is 2.40. The summed E-state index contributed by atoms with van der Waals surface area (Å²) in [6.07, 6.45) is 2.59. The van der Waals surface area contributed by atoms with E-state index < -0.39 is 29.9 Å². The molecule has 0 unspecified atom stereocenters. The van der Waals surface area contributed by atoms with Crippen molar-refractivity contribution in [1.82, 2.24) is 15.2 Å². The van der Waals surface area contributed by atoms with Gasteiger partial charge in [-0.1, -0.05) is 0 Å². The third kappa shape index (κ3) is 6.13. The predicted octanol–water partition coefficient (Wildman–Crippen LogP) is 1.82. The minimum Gasteiger partial charge on any atom is -0.389 e. The first-order valence-corrected chi connectivity index (χ1v) is 11.2. The van der Waals surface area contributed by atoms with E-state index in [1.807, 2.05) is 0 Å². The Balaban J connectivity index is 1.37. The number of ether oxygens (including phenoxy) is 2. The number of aliphatic hydroxyl groups is 1. The van der Waals surface area contributed by atoms with Crippen molar-refractivity contribution in [2.24, 2.45) is 0 Å². The monoisotopic (exact) mass is 475 g/mol. The summed E-state index contributed by atoms with van der Waals surface area (Å²) < 4.78 is 38.4. The molecule has 2 saturated heterocycles. The molecular formula is C24H27F2N3O5. The zero-order chi connectivity index (χ0) is 24.1. The molecule has 2 N–H and O–H groups in total. The van der Waals surface area contributed by atoms with Gasteiger partial charge in [0.15, 0.2) is 0 Å². The Bertz CT molecular complexity index is 989. The molecule has 0 spiro atoms. The third-order valence-electron chi connectivity index (χ3n) is 5.99. The molecule has 4 atom stereocenters. The Labute approximate surface area is 195 Å². The fourth-order valence-electron chi connectivity index (χ4n) is 4.43. The van der Waals surface area contributed by atoms with E-state index in [1.165, 1.54) is 12.1 Å². The molecular weight excluding hydrogens is 448 g/mol. The molecule has 8 nitrogen and oxygen atoms in total. The summed E-state index contributed by atoms with van der Waals surface area (Å²) in [4.78, 5) is 31.2. The van der Waals surface area contributed by atoms with Gasteiger partial charge in [0, 0.05) is 37.1 Å². The molecule has 10 heteroatoms. The number of nitrogens with one attached hydrogen (secondary N) is 1. The van der Waals surface area contributed by atoms with E-state index in [1.54, 1.807) is 29.4 Å². The van der Waals surface area contributed by atoms with E-state index in [4.69, 9.17) is 9.47 Å². The number of fused-ring (bicyclic) bond motifs is 1. The van der Waals surface area contributed by atoms with Gasteiger partial charge in [0.25, 0.3) is 5.91 Å². The van der Waals surface area contributed by atoms with Crippen molar-refractivity contribution in [2.45, 2.75) is 50.2 Å². The number of halogens is 2. The maximum Gasteiger partial charge on any atom is 0.254 e. The molecule has 0 bridgehead atoms. The van der Waals surface area contributed by atoms with Crippen LogP contribution in [0.5, 0.6) is 0 Å². The topological polar surface area (TPSA) is 101 Å². The maximum atomic E-state index is 13.3. The van der Waals surface area contributed by atoms with Crippen LogP contribution in [0.2, 0.25) is 0 Å². The summed E-state index contributed by atoms with van der Waals surface area (Å²) in [5, 5.41) is 12.9. The lowest BCUT2D eigenvalue weighted by Crippen LogP contribution is -2.57. The summed E-state index contributed by atoms with van der Waals surface area (Å²) in [5.41, 5.74) is 0.797. The standard InChI is InChI=1S/C24H27F2N3O5/c25-17-7-15(8-18(26)9-17)11-28-23(31)10-20-1-2-21-22(34-20)14-33-13-19(30)12-29(21)24(32)16-3-5-27-6-4-16/h3-9,19-22,30H,1-2,10-14H2,(H,28,31)/t19-,20-,21-,22+/m1/s1. The summed E-state index contributed by atoms with van der Waals surface area (Å²) in [6.45, 7) is 0.368. The van der Waals surface area contributed by atoms with Gasteiger partial charge >= 0.3 is 0 Å². The highest BCUT2D eigenvalue weighted by atomic mass is 19.1. The number of aliphatic hydroxyl groups excluding tert-OH is 1. The molecule has 2 aromatic rings. The van der Waals surface area contributed by atoms with Gasteiger partial charge in [-0.15, -0.1) is 0 Å². The maximum absolute atomic E-state index is 13.3. The van der Waals surface area contributed by atoms with Gasteiger partial charge < -0.3 is 24.8 Å². The van der Waals surface area contributed by atoms with E-state index >= 15 is 0 Å². The quantitative estimate of drug-likeness (QED) is 0.684. The van der Waals surface area contributed by atoms with Gasteiger partial charge in [0.2, 0.25) is 5.91 Å². The lowest BCUT2D eigenvalue weighted by molar-refractivity contribution is -0.151. The smallest absolute Gasteiger partial charge is 0.254 e. The molecule has 182 valence electrons. The second-order valence-electron chi connectivity index (χ2n) is 8.58. The minimum absolute atomic E-state index is 0.00149. The van der Waals surface area contributed by atoms with E-state index in [-0.39, 0.29) is 50.6 Å². The van der Waals surface area contributed by atoms with E-state index in [9.17, 15) is 23.5 Å². The van der Waals surface area contributed by atoms with Crippen molar-refractivity contribution in [3.05, 3.63) is 65.5 Å². The number of aromatic nitrogens is 1. The average molecular weight is 475 g/mol. The Hall–Kier alpha value is -2.95. The molecule has 1 aromatic heterocycles. The highest BCUT2D eigenvalue weighted by molar-refractivity contribution is 5.94. The van der Waals surface area contributed by atoms with Crippen LogP contribution in [-0.4, -0.2) is 70.9 Å². The molecule has 0 aliphatic carbocycles. The normalized spacial score (nSPS) is 25.1. The summed E-state index contributed by atoms with van der Waals surface area (Å²) in [6, 6.07) is 6.04. The first kappa shape index (κ1) is 24.2. The van der Waals surface area contributed by atoms with Crippen LogP contribution in [0.15, 0.2) is 42.7 Å². The fraction of sp³-hybridized carbons (Fsp3) is 0.458. The number of pyridine rings is 1. The molecule has 3 heterocycles. The Morgan fingerprint density at radius 2 is 1.85 bits per heavy atom. The first-order chi connectivity index (χ1) is 16.4. The zero-order valence-electron chi connectivity index (χ0n) is 18.5. The third-order valence-corrected chi connectivity index (χ3v) is 5.99. The van der Waals surface area contributed by atoms with Crippen molar-refractivity contribution in [1.29, 1.82) is 0 Å². The van der Waals surface area contributed by atoms with Crippen LogP contribution in [0.25, 0.3) is 0 Å². The largest absolute Gasteiger partial charge is 0.389 e. The molecule has 2 amide bonds. The van der Waals surface area contributed by atoms with Crippen LogP contribution >= 0.6 is 0 Å². The Morgan fingerprint density at radius 3 is 2.59 bits per heavy atom. The molecule has 34 heavy (non-hydrogen) atoms. The van der Waals surface area contributed by atoms with Crippen LogP contribution in [0.4, 0.5) is 8.78 Å². The SMILES string of the molecule is O=C(C[C@H]1CC[C@@H]2[C@H](COC[C@H](O)CN2C(=O)c2ccncc2)O1)NCc1cc(F)cc(F)c1.